The number of rotatable bonds is 5. The zero-order chi connectivity index (χ0) is 28.9. The van der Waals surface area contributed by atoms with Gasteiger partial charge in [0.2, 0.25) is 0 Å². The van der Waals surface area contributed by atoms with Gasteiger partial charge in [-0.15, -0.1) is 0 Å². The molecule has 2 atom stereocenters. The number of nitrogens with two attached hydrogens (primary N) is 1. The number of anilines is 1. The maximum Gasteiger partial charge on any atom is 0.378 e. The molecule has 4 rings (SSSR count). The molecule has 1 aliphatic heterocycles. The molecule has 10 heteroatoms. The molecule has 1 amide bonds. The monoisotopic (exact) mass is 566 g/mol. The van der Waals surface area contributed by atoms with E-state index in [1.807, 2.05) is 43.3 Å². The summed E-state index contributed by atoms with van der Waals surface area (Å²) in [6, 6.07) is 22.9. The third-order valence-corrected chi connectivity index (χ3v) is 8.08. The van der Waals surface area contributed by atoms with Gasteiger partial charge in [0, 0.05) is 32.2 Å². The van der Waals surface area contributed by atoms with Crippen molar-refractivity contribution in [2.75, 3.05) is 32.1 Å². The Labute approximate surface area is 237 Å². The van der Waals surface area contributed by atoms with E-state index in [1.54, 1.807) is 12.1 Å². The maximum atomic E-state index is 13.7. The van der Waals surface area contributed by atoms with E-state index >= 15 is 0 Å². The van der Waals surface area contributed by atoms with Gasteiger partial charge in [-0.3, -0.25) is 4.79 Å². The summed E-state index contributed by atoms with van der Waals surface area (Å²) in [5.74, 6) is -0.319. The Morgan fingerprint density at radius 1 is 0.975 bits per heavy atom. The lowest BCUT2D eigenvalue weighted by Crippen LogP contribution is -2.43. The number of hydroxylamine groups is 2. The zero-order valence-corrected chi connectivity index (χ0v) is 24.3. The van der Waals surface area contributed by atoms with Gasteiger partial charge >= 0.3 is 10.3 Å². The summed E-state index contributed by atoms with van der Waals surface area (Å²) in [7, 11) is 0.186. The number of nitrogens with zero attached hydrogens (tertiary/aromatic N) is 2. The van der Waals surface area contributed by atoms with E-state index in [4.69, 9.17) is 14.8 Å². The molecule has 9 nitrogen and oxygen atoms in total. The second-order valence-corrected chi connectivity index (χ2v) is 12.4. The number of amides is 1. The highest BCUT2D eigenvalue weighted by atomic mass is 32.2. The van der Waals surface area contributed by atoms with Crippen LogP contribution in [0.25, 0.3) is 0 Å². The topological polar surface area (TPSA) is 114 Å². The van der Waals surface area contributed by atoms with E-state index < -0.39 is 15.8 Å². The van der Waals surface area contributed by atoms with Crippen molar-refractivity contribution in [1.29, 1.82) is 0 Å². The van der Waals surface area contributed by atoms with Crippen molar-refractivity contribution in [2.24, 2.45) is 5.73 Å². The van der Waals surface area contributed by atoms with Crippen LogP contribution in [0, 0.1) is 0 Å². The largest absolute Gasteiger partial charge is 0.378 e. The first-order valence-electron chi connectivity index (χ1n) is 13.2. The molecule has 0 aromatic heterocycles. The highest BCUT2D eigenvalue weighted by Gasteiger charge is 2.25. The number of hydrogen-bond acceptors (Lipinski definition) is 7. The standard InChI is InChI=1S/C30H38N4O5S/c1-30(31)19-23-10-8-9-22(15-23)13-14-28(25-11-6-5-7-12-25)32-29(35)26-16-24(20-38-21-30)17-27(18-26)34(4)40(36,37)39-33(2)3/h5-12,15-18,28H,13-14,19-21,31H2,1-4H3,(H,32,35). The normalized spacial score (nSPS) is 20.6. The van der Waals surface area contributed by atoms with Crippen LogP contribution in [0.1, 0.15) is 52.0 Å². The zero-order valence-electron chi connectivity index (χ0n) is 23.5. The molecule has 2 unspecified atom stereocenters. The number of carbonyl (C=O) groups excluding carboxylic acids is 1. The first-order chi connectivity index (χ1) is 18.9. The molecule has 40 heavy (non-hydrogen) atoms. The van der Waals surface area contributed by atoms with Gasteiger partial charge < -0.3 is 15.8 Å². The molecule has 214 valence electrons. The number of benzene rings is 3. The number of nitrogens with one attached hydrogen (secondary N) is 1. The van der Waals surface area contributed by atoms with E-state index in [2.05, 4.69) is 23.5 Å². The molecule has 1 heterocycles. The van der Waals surface area contributed by atoms with Crippen molar-refractivity contribution in [3.8, 4) is 0 Å². The smallest absolute Gasteiger partial charge is 0.375 e. The quantitative estimate of drug-likeness (QED) is 0.452. The first kappa shape index (κ1) is 29.7. The van der Waals surface area contributed by atoms with Crippen LogP contribution in [0.15, 0.2) is 72.8 Å². The molecule has 3 aromatic rings. The number of hydrogen-bond donors (Lipinski definition) is 2. The SMILES string of the molecule is CN(C)OS(=O)(=O)N(C)c1cc2cc(c1)C(=O)NC(c1ccccc1)CCc1cccc(c1)CC(C)(N)COC2. The molecule has 0 spiro atoms. The molecule has 0 fully saturated rings. The summed E-state index contributed by atoms with van der Waals surface area (Å²) in [5.41, 5.74) is 10.5. The fourth-order valence-corrected chi connectivity index (χ4v) is 5.65. The van der Waals surface area contributed by atoms with Crippen LogP contribution < -0.4 is 15.4 Å². The molecule has 3 aromatic carbocycles. The molecule has 3 N–H and O–H groups in total. The van der Waals surface area contributed by atoms with Crippen LogP contribution >= 0.6 is 0 Å². The molecule has 4 bridgehead atoms. The van der Waals surface area contributed by atoms with Crippen LogP contribution in [-0.4, -0.2) is 52.7 Å². The van der Waals surface area contributed by atoms with Crippen LogP contribution in [0.5, 0.6) is 0 Å². The van der Waals surface area contributed by atoms with E-state index in [-0.39, 0.29) is 30.9 Å². The Morgan fingerprint density at radius 3 is 2.42 bits per heavy atom. The average Bonchev–Trinajstić information content (AvgIpc) is 2.89. The lowest BCUT2D eigenvalue weighted by Gasteiger charge is -2.26. The highest BCUT2D eigenvalue weighted by molar-refractivity contribution is 7.88. The van der Waals surface area contributed by atoms with Crippen molar-refractivity contribution in [2.45, 2.75) is 44.4 Å². The molecular weight excluding hydrogens is 528 g/mol. The van der Waals surface area contributed by atoms with Gasteiger partial charge in [-0.05, 0) is 66.6 Å². The van der Waals surface area contributed by atoms with Gasteiger partial charge in [0.1, 0.15) is 0 Å². The van der Waals surface area contributed by atoms with E-state index in [0.717, 1.165) is 32.5 Å². The van der Waals surface area contributed by atoms with Gasteiger partial charge in [-0.2, -0.15) is 17.8 Å². The number of ether oxygens (including phenoxy) is 1. The summed E-state index contributed by atoms with van der Waals surface area (Å²) >= 11 is 0. The van der Waals surface area contributed by atoms with Crippen molar-refractivity contribution in [3.05, 3.63) is 101 Å². The predicted octanol–water partition coefficient (Wildman–Crippen LogP) is 3.75. The molecule has 0 saturated heterocycles. The second-order valence-electron chi connectivity index (χ2n) is 10.8. The van der Waals surface area contributed by atoms with Crippen LogP contribution in [0.3, 0.4) is 0 Å². The number of carbonyl (C=O) groups is 1. The van der Waals surface area contributed by atoms with E-state index in [9.17, 15) is 13.2 Å². The summed E-state index contributed by atoms with van der Waals surface area (Å²) in [6.45, 7) is 2.37. The lowest BCUT2D eigenvalue weighted by atomic mass is 9.92. The Balaban J connectivity index is 1.74. The summed E-state index contributed by atoms with van der Waals surface area (Å²) in [5, 5.41) is 4.27. The Bertz CT molecular complexity index is 1430. The maximum absolute atomic E-state index is 13.7. The predicted molar refractivity (Wildman–Crippen MR) is 156 cm³/mol. The van der Waals surface area contributed by atoms with Gasteiger partial charge in [-0.1, -0.05) is 54.6 Å². The number of aryl methyl sites for hydroxylation is 1. The minimum Gasteiger partial charge on any atom is -0.375 e. The van der Waals surface area contributed by atoms with Gasteiger partial charge in [0.15, 0.2) is 0 Å². The lowest BCUT2D eigenvalue weighted by molar-refractivity contribution is 0.00493. The highest BCUT2D eigenvalue weighted by Crippen LogP contribution is 2.26. The minimum absolute atomic E-state index is 0.144. The van der Waals surface area contributed by atoms with E-state index in [1.165, 1.54) is 27.2 Å². The Kier molecular flexibility index (Phi) is 9.27. The molecule has 1 aliphatic rings. The fourth-order valence-electron chi connectivity index (χ4n) is 4.81. The Hall–Kier alpha value is -3.28. The Morgan fingerprint density at radius 2 is 1.70 bits per heavy atom. The summed E-state index contributed by atoms with van der Waals surface area (Å²) < 4.78 is 37.6. The third-order valence-electron chi connectivity index (χ3n) is 6.71. The minimum atomic E-state index is -4.15. The summed E-state index contributed by atoms with van der Waals surface area (Å²) in [6.07, 6.45) is 2.06. The van der Waals surface area contributed by atoms with Crippen molar-refractivity contribution < 1.29 is 22.2 Å². The second kappa shape index (κ2) is 12.5. The molecular formula is C30H38N4O5S. The van der Waals surface area contributed by atoms with Gasteiger partial charge in [-0.25, -0.2) is 4.31 Å². The van der Waals surface area contributed by atoms with Gasteiger partial charge in [0.25, 0.3) is 5.91 Å². The average molecular weight is 567 g/mol. The third kappa shape index (κ3) is 7.89. The van der Waals surface area contributed by atoms with Crippen molar-refractivity contribution in [1.82, 2.24) is 10.4 Å². The van der Waals surface area contributed by atoms with Crippen molar-refractivity contribution in [3.63, 3.8) is 0 Å². The van der Waals surface area contributed by atoms with Crippen LogP contribution in [0.4, 0.5) is 5.69 Å². The molecule has 0 radical (unpaired) electrons. The van der Waals surface area contributed by atoms with Crippen molar-refractivity contribution >= 4 is 21.9 Å². The summed E-state index contributed by atoms with van der Waals surface area (Å²) in [4.78, 5) is 13.7. The fraction of sp³-hybridized carbons (Fsp3) is 0.367. The van der Waals surface area contributed by atoms with Crippen LogP contribution in [0.2, 0.25) is 0 Å². The molecule has 0 aliphatic carbocycles. The molecule has 0 saturated carbocycles. The number of fused-ring (bicyclic) bond motifs is 4. The van der Waals surface area contributed by atoms with Gasteiger partial charge in [0.05, 0.1) is 24.9 Å². The van der Waals surface area contributed by atoms with Crippen LogP contribution in [-0.2, 0) is 38.8 Å². The first-order valence-corrected chi connectivity index (χ1v) is 14.6. The van der Waals surface area contributed by atoms with E-state index in [0.29, 0.717) is 24.0 Å².